The zero-order chi connectivity index (χ0) is 20.8. The van der Waals surface area contributed by atoms with Crippen molar-refractivity contribution in [2.45, 2.75) is 37.8 Å². The molecule has 0 aliphatic carbocycles. The summed E-state index contributed by atoms with van der Waals surface area (Å²) in [5, 5.41) is 11.1. The number of hydrogen-bond donors (Lipinski definition) is 1. The summed E-state index contributed by atoms with van der Waals surface area (Å²) in [5.41, 5.74) is 3.55. The smallest absolute Gasteiger partial charge is 0.118 e. The molecule has 0 saturated carbocycles. The zero-order valence-electron chi connectivity index (χ0n) is 17.4. The third-order valence-electron chi connectivity index (χ3n) is 5.80. The van der Waals surface area contributed by atoms with E-state index in [1.54, 1.807) is 7.11 Å². The minimum atomic E-state index is -0.542. The molecule has 0 aromatic heterocycles. The Labute approximate surface area is 178 Å². The Bertz CT molecular complexity index is 899. The number of ether oxygens (including phenoxy) is 2. The van der Waals surface area contributed by atoms with Gasteiger partial charge in [0.05, 0.1) is 25.9 Å². The van der Waals surface area contributed by atoms with Crippen LogP contribution in [0.15, 0.2) is 84.9 Å². The Morgan fingerprint density at radius 2 is 1.47 bits per heavy atom. The molecule has 3 aromatic carbocycles. The summed E-state index contributed by atoms with van der Waals surface area (Å²) >= 11 is 0. The van der Waals surface area contributed by atoms with E-state index in [4.69, 9.17) is 9.47 Å². The molecule has 30 heavy (non-hydrogen) atoms. The van der Waals surface area contributed by atoms with Gasteiger partial charge >= 0.3 is 0 Å². The van der Waals surface area contributed by atoms with E-state index in [0.717, 1.165) is 24.3 Å². The lowest BCUT2D eigenvalue weighted by molar-refractivity contribution is -0.0258. The Kier molecular flexibility index (Phi) is 6.80. The molecule has 0 amide bonds. The molecule has 3 aromatic rings. The highest BCUT2D eigenvalue weighted by molar-refractivity contribution is 5.28. The average molecular weight is 404 g/mol. The lowest BCUT2D eigenvalue weighted by Crippen LogP contribution is -2.38. The van der Waals surface area contributed by atoms with Gasteiger partial charge in [0.15, 0.2) is 0 Å². The standard InChI is InChI=1S/C26H29NO3/c1-29-23-14-12-20(13-15-23)16-24-26(28)25(30-19-22-10-6-3-7-11-22)18-27(24)17-21-8-4-2-5-9-21/h2-15,24-26,28H,16-19H2,1H3/t24-,25+,26+/m1/s1. The summed E-state index contributed by atoms with van der Waals surface area (Å²) in [4.78, 5) is 2.35. The number of aliphatic hydroxyl groups is 1. The second-order valence-electron chi connectivity index (χ2n) is 7.86. The number of benzene rings is 3. The van der Waals surface area contributed by atoms with Crippen LogP contribution in [0, 0.1) is 0 Å². The summed E-state index contributed by atoms with van der Waals surface area (Å²) in [5.74, 6) is 0.843. The summed E-state index contributed by atoms with van der Waals surface area (Å²) in [7, 11) is 1.67. The normalized spacial score (nSPS) is 21.6. The molecule has 156 valence electrons. The van der Waals surface area contributed by atoms with Crippen molar-refractivity contribution in [3.63, 3.8) is 0 Å². The molecule has 4 heteroatoms. The number of rotatable bonds is 8. The maximum Gasteiger partial charge on any atom is 0.118 e. The first-order valence-electron chi connectivity index (χ1n) is 10.5. The first kappa shape index (κ1) is 20.6. The topological polar surface area (TPSA) is 41.9 Å². The summed E-state index contributed by atoms with van der Waals surface area (Å²) in [6.45, 7) is 2.02. The van der Waals surface area contributed by atoms with Crippen molar-refractivity contribution in [2.75, 3.05) is 13.7 Å². The van der Waals surface area contributed by atoms with Crippen LogP contribution < -0.4 is 4.74 Å². The monoisotopic (exact) mass is 403 g/mol. The van der Waals surface area contributed by atoms with Gasteiger partial charge in [-0.25, -0.2) is 0 Å². The molecule has 1 aliphatic heterocycles. The van der Waals surface area contributed by atoms with Gasteiger partial charge in [-0.15, -0.1) is 0 Å². The lowest BCUT2D eigenvalue weighted by atomic mass is 10.0. The Balaban J connectivity index is 1.48. The third-order valence-corrected chi connectivity index (χ3v) is 5.80. The maximum absolute atomic E-state index is 11.1. The van der Waals surface area contributed by atoms with Gasteiger partial charge in [0.2, 0.25) is 0 Å². The van der Waals surface area contributed by atoms with Gasteiger partial charge in [-0.2, -0.15) is 0 Å². The Hall–Kier alpha value is -2.66. The molecule has 0 unspecified atom stereocenters. The van der Waals surface area contributed by atoms with Crippen LogP contribution in [0.4, 0.5) is 0 Å². The average Bonchev–Trinajstić information content (AvgIpc) is 3.08. The number of methoxy groups -OCH3 is 1. The van der Waals surface area contributed by atoms with Crippen LogP contribution in [0.3, 0.4) is 0 Å². The molecule has 3 atom stereocenters. The van der Waals surface area contributed by atoms with Crippen molar-refractivity contribution in [1.29, 1.82) is 0 Å². The summed E-state index contributed by atoms with van der Waals surface area (Å²) < 4.78 is 11.4. The van der Waals surface area contributed by atoms with Gasteiger partial charge in [0.1, 0.15) is 5.75 Å². The predicted molar refractivity (Wildman–Crippen MR) is 118 cm³/mol. The Morgan fingerprint density at radius 1 is 0.833 bits per heavy atom. The molecule has 0 spiro atoms. The molecule has 1 heterocycles. The van der Waals surface area contributed by atoms with Gasteiger partial charge in [-0.05, 0) is 35.2 Å². The van der Waals surface area contributed by atoms with E-state index >= 15 is 0 Å². The number of aliphatic hydroxyl groups excluding tert-OH is 1. The molecule has 1 saturated heterocycles. The SMILES string of the molecule is COc1ccc(C[C@@H]2[C@H](O)[C@@H](OCc3ccccc3)CN2Cc2ccccc2)cc1. The van der Waals surface area contributed by atoms with Crippen molar-refractivity contribution in [3.05, 3.63) is 102 Å². The van der Waals surface area contributed by atoms with Crippen molar-refractivity contribution < 1.29 is 14.6 Å². The zero-order valence-corrected chi connectivity index (χ0v) is 17.4. The van der Waals surface area contributed by atoms with E-state index in [9.17, 15) is 5.11 Å². The molecule has 1 aliphatic rings. The van der Waals surface area contributed by atoms with E-state index in [0.29, 0.717) is 13.2 Å². The van der Waals surface area contributed by atoms with Crippen LogP contribution >= 0.6 is 0 Å². The quantitative estimate of drug-likeness (QED) is 0.616. The van der Waals surface area contributed by atoms with E-state index in [1.807, 2.05) is 36.4 Å². The van der Waals surface area contributed by atoms with E-state index in [2.05, 4.69) is 53.4 Å². The largest absolute Gasteiger partial charge is 0.497 e. The number of hydrogen-bond acceptors (Lipinski definition) is 4. The fourth-order valence-electron chi connectivity index (χ4n) is 4.12. The minimum Gasteiger partial charge on any atom is -0.497 e. The predicted octanol–water partition coefficient (Wildman–Crippen LogP) is 4.07. The highest BCUT2D eigenvalue weighted by Gasteiger charge is 2.41. The second-order valence-corrected chi connectivity index (χ2v) is 7.86. The number of likely N-dealkylation sites (tertiary alicyclic amines) is 1. The summed E-state index contributed by atoms with van der Waals surface area (Å²) in [6, 6.07) is 28.6. The van der Waals surface area contributed by atoms with Crippen molar-refractivity contribution in [3.8, 4) is 5.75 Å². The third kappa shape index (κ3) is 5.08. The highest BCUT2D eigenvalue weighted by Crippen LogP contribution is 2.27. The van der Waals surface area contributed by atoms with E-state index in [-0.39, 0.29) is 12.1 Å². The van der Waals surface area contributed by atoms with Crippen LogP contribution in [0.5, 0.6) is 5.75 Å². The molecule has 1 fully saturated rings. The first-order chi connectivity index (χ1) is 14.7. The van der Waals surface area contributed by atoms with Crippen LogP contribution in [0.1, 0.15) is 16.7 Å². The van der Waals surface area contributed by atoms with Gasteiger partial charge in [-0.3, -0.25) is 4.90 Å². The molecule has 1 N–H and O–H groups in total. The molecule has 0 radical (unpaired) electrons. The van der Waals surface area contributed by atoms with E-state index < -0.39 is 6.10 Å². The van der Waals surface area contributed by atoms with Crippen LogP contribution in [-0.4, -0.2) is 41.9 Å². The molecular formula is C26H29NO3. The van der Waals surface area contributed by atoms with Gasteiger partial charge in [0.25, 0.3) is 0 Å². The van der Waals surface area contributed by atoms with Crippen molar-refractivity contribution >= 4 is 0 Å². The Morgan fingerprint density at radius 3 is 2.10 bits per heavy atom. The van der Waals surface area contributed by atoms with Crippen molar-refractivity contribution in [2.24, 2.45) is 0 Å². The molecule has 4 nitrogen and oxygen atoms in total. The first-order valence-corrected chi connectivity index (χ1v) is 10.5. The fourth-order valence-corrected chi connectivity index (χ4v) is 4.12. The van der Waals surface area contributed by atoms with Crippen LogP contribution in [0.25, 0.3) is 0 Å². The van der Waals surface area contributed by atoms with Gasteiger partial charge < -0.3 is 14.6 Å². The second kappa shape index (κ2) is 9.90. The highest BCUT2D eigenvalue weighted by atomic mass is 16.5. The van der Waals surface area contributed by atoms with Gasteiger partial charge in [-0.1, -0.05) is 72.8 Å². The van der Waals surface area contributed by atoms with E-state index in [1.165, 1.54) is 11.1 Å². The molecule has 0 bridgehead atoms. The van der Waals surface area contributed by atoms with Crippen LogP contribution in [-0.2, 0) is 24.3 Å². The summed E-state index contributed by atoms with van der Waals surface area (Å²) in [6.07, 6.45) is 0.0140. The minimum absolute atomic E-state index is 0.000579. The fraction of sp³-hybridized carbons (Fsp3) is 0.308. The van der Waals surface area contributed by atoms with Crippen LogP contribution in [0.2, 0.25) is 0 Å². The van der Waals surface area contributed by atoms with Crippen molar-refractivity contribution in [1.82, 2.24) is 4.90 Å². The maximum atomic E-state index is 11.1. The lowest BCUT2D eigenvalue weighted by Gasteiger charge is -2.26. The van der Waals surface area contributed by atoms with Gasteiger partial charge in [0, 0.05) is 19.1 Å². The molecule has 4 rings (SSSR count). The molecular weight excluding hydrogens is 374 g/mol. The number of nitrogens with zero attached hydrogens (tertiary/aromatic N) is 1.